The van der Waals surface area contributed by atoms with Crippen LogP contribution in [0.2, 0.25) is 0 Å². The van der Waals surface area contributed by atoms with Crippen LogP contribution in [0.25, 0.3) is 22.3 Å². The molecule has 0 saturated heterocycles. The van der Waals surface area contributed by atoms with Gasteiger partial charge in [0.2, 0.25) is 0 Å². The second-order valence-electron chi connectivity index (χ2n) is 11.2. The van der Waals surface area contributed by atoms with Gasteiger partial charge in [-0.15, -0.1) is 0 Å². The van der Waals surface area contributed by atoms with Crippen molar-refractivity contribution < 1.29 is 23.4 Å². The lowest BCUT2D eigenvalue weighted by Crippen LogP contribution is -2.10. The molecular weight excluding hydrogens is 530 g/mol. The molecule has 42 heavy (non-hydrogen) atoms. The van der Waals surface area contributed by atoms with Gasteiger partial charge in [-0.25, -0.2) is 13.6 Å². The smallest absolute Gasteiger partial charge is 0.293 e. The molecule has 0 heterocycles. The minimum absolute atomic E-state index is 0.170. The van der Waals surface area contributed by atoms with Crippen LogP contribution in [-0.2, 0) is 16.2 Å². The third-order valence-electron chi connectivity index (χ3n) is 7.80. The summed E-state index contributed by atoms with van der Waals surface area (Å²) in [5.74, 6) is -2.00. The highest BCUT2D eigenvalue weighted by Crippen LogP contribution is 2.37. The SMILES string of the molecule is CCCCCCCCCCc1ccc(-c2c(-c3ccccc3)ccc(C(=O)OOCCCCCCCC)c2F)cc1F. The third-order valence-corrected chi connectivity index (χ3v) is 7.80. The molecule has 3 nitrogen and oxygen atoms in total. The Kier molecular flexibility index (Phi) is 15.3. The number of hydrogen-bond acceptors (Lipinski definition) is 3. The van der Waals surface area contributed by atoms with E-state index in [1.165, 1.54) is 69.9 Å². The standard InChI is InChI=1S/C37H48F2O3/c1-3-5-7-9-11-12-13-16-22-30-23-24-31(28-34(30)38)35-32(29-20-17-15-18-21-29)25-26-33(36(35)39)37(40)42-41-27-19-14-10-8-6-4-2/h15,17-18,20-21,23-26,28H,3-14,16,19,22,27H2,1-2H3. The maximum atomic E-state index is 16.1. The fraction of sp³-hybridized carbons (Fsp3) is 0.486. The summed E-state index contributed by atoms with van der Waals surface area (Å²) in [6, 6.07) is 17.3. The van der Waals surface area contributed by atoms with Crippen LogP contribution in [0.15, 0.2) is 60.7 Å². The molecular formula is C37H48F2O3. The van der Waals surface area contributed by atoms with Crippen molar-refractivity contribution in [2.45, 2.75) is 110 Å². The predicted molar refractivity (Wildman–Crippen MR) is 168 cm³/mol. The zero-order valence-electron chi connectivity index (χ0n) is 25.6. The summed E-state index contributed by atoms with van der Waals surface area (Å²) in [5.41, 5.74) is 2.29. The minimum Gasteiger partial charge on any atom is -0.293 e. The van der Waals surface area contributed by atoms with Gasteiger partial charge in [-0.3, -0.25) is 4.89 Å². The summed E-state index contributed by atoms with van der Waals surface area (Å²) in [4.78, 5) is 22.8. The second kappa shape index (κ2) is 19.2. The van der Waals surface area contributed by atoms with E-state index in [9.17, 15) is 4.79 Å². The molecule has 0 aromatic heterocycles. The van der Waals surface area contributed by atoms with E-state index < -0.39 is 11.8 Å². The van der Waals surface area contributed by atoms with Gasteiger partial charge in [0.25, 0.3) is 0 Å². The molecule has 0 atom stereocenters. The first-order chi connectivity index (χ1) is 20.6. The Morgan fingerprint density at radius 3 is 1.93 bits per heavy atom. The zero-order valence-corrected chi connectivity index (χ0v) is 25.6. The largest absolute Gasteiger partial charge is 0.376 e. The van der Waals surface area contributed by atoms with Crippen molar-refractivity contribution in [2.24, 2.45) is 0 Å². The van der Waals surface area contributed by atoms with Crippen LogP contribution in [0, 0.1) is 11.6 Å². The van der Waals surface area contributed by atoms with Crippen molar-refractivity contribution in [3.8, 4) is 22.3 Å². The van der Waals surface area contributed by atoms with Gasteiger partial charge in [0.1, 0.15) is 11.6 Å². The Bertz CT molecular complexity index is 1210. The monoisotopic (exact) mass is 578 g/mol. The Morgan fingerprint density at radius 1 is 0.667 bits per heavy atom. The van der Waals surface area contributed by atoms with E-state index in [0.29, 0.717) is 23.1 Å². The first-order valence-corrected chi connectivity index (χ1v) is 16.1. The molecule has 0 saturated carbocycles. The van der Waals surface area contributed by atoms with Gasteiger partial charge >= 0.3 is 5.97 Å². The highest BCUT2D eigenvalue weighted by Gasteiger charge is 2.23. The molecule has 0 aliphatic heterocycles. The molecule has 0 aliphatic carbocycles. The molecule has 0 amide bonds. The van der Waals surface area contributed by atoms with Gasteiger partial charge in [0.05, 0.1) is 12.2 Å². The Hall–Kier alpha value is -3.05. The number of benzene rings is 3. The summed E-state index contributed by atoms with van der Waals surface area (Å²) in [6.07, 6.45) is 16.6. The minimum atomic E-state index is -0.897. The van der Waals surface area contributed by atoms with Crippen LogP contribution < -0.4 is 0 Å². The normalized spacial score (nSPS) is 11.1. The van der Waals surface area contributed by atoms with Crippen LogP contribution >= 0.6 is 0 Å². The van der Waals surface area contributed by atoms with Crippen LogP contribution in [-0.4, -0.2) is 12.6 Å². The summed E-state index contributed by atoms with van der Waals surface area (Å²) < 4.78 is 31.3. The number of rotatable bonds is 20. The number of unbranched alkanes of at least 4 members (excludes halogenated alkanes) is 12. The molecule has 0 fully saturated rings. The lowest BCUT2D eigenvalue weighted by molar-refractivity contribution is -0.241. The zero-order chi connectivity index (χ0) is 30.0. The highest BCUT2D eigenvalue weighted by atomic mass is 19.1. The van der Waals surface area contributed by atoms with Crippen LogP contribution in [0.3, 0.4) is 0 Å². The quantitative estimate of drug-likeness (QED) is 0.0760. The molecule has 5 heteroatoms. The van der Waals surface area contributed by atoms with Crippen LogP contribution in [0.4, 0.5) is 8.78 Å². The van der Waals surface area contributed by atoms with Crippen molar-refractivity contribution >= 4 is 5.97 Å². The van der Waals surface area contributed by atoms with Gasteiger partial charge in [-0.1, -0.05) is 139 Å². The van der Waals surface area contributed by atoms with E-state index in [-0.39, 0.29) is 23.6 Å². The maximum Gasteiger partial charge on any atom is 0.376 e. The predicted octanol–water partition coefficient (Wildman–Crippen LogP) is 11.4. The summed E-state index contributed by atoms with van der Waals surface area (Å²) in [6.45, 7) is 4.65. The first-order valence-electron chi connectivity index (χ1n) is 16.1. The van der Waals surface area contributed by atoms with Crippen molar-refractivity contribution in [3.63, 3.8) is 0 Å². The average molecular weight is 579 g/mol. The number of hydrogen-bond donors (Lipinski definition) is 0. The average Bonchev–Trinajstić information content (AvgIpc) is 3.00. The lowest BCUT2D eigenvalue weighted by atomic mass is 9.91. The molecule has 3 aromatic carbocycles. The summed E-state index contributed by atoms with van der Waals surface area (Å²) in [7, 11) is 0. The molecule has 3 rings (SSSR count). The van der Waals surface area contributed by atoms with Gasteiger partial charge in [0.15, 0.2) is 0 Å². The second-order valence-corrected chi connectivity index (χ2v) is 11.2. The number of aryl methyl sites for hydroxylation is 1. The number of carbonyl (C=O) groups excluding carboxylic acids is 1. The van der Waals surface area contributed by atoms with E-state index in [0.717, 1.165) is 37.7 Å². The van der Waals surface area contributed by atoms with E-state index in [2.05, 4.69) is 13.8 Å². The lowest BCUT2D eigenvalue weighted by Gasteiger charge is -2.15. The molecule has 3 aromatic rings. The van der Waals surface area contributed by atoms with Gasteiger partial charge < -0.3 is 0 Å². The molecule has 228 valence electrons. The Balaban J connectivity index is 1.70. The van der Waals surface area contributed by atoms with Crippen LogP contribution in [0.1, 0.15) is 120 Å². The van der Waals surface area contributed by atoms with Crippen molar-refractivity contribution in [1.29, 1.82) is 0 Å². The summed E-state index contributed by atoms with van der Waals surface area (Å²) >= 11 is 0. The molecule has 0 N–H and O–H groups in total. The van der Waals surface area contributed by atoms with E-state index >= 15 is 8.78 Å². The van der Waals surface area contributed by atoms with Gasteiger partial charge in [-0.2, -0.15) is 4.89 Å². The third kappa shape index (κ3) is 10.7. The molecule has 0 radical (unpaired) electrons. The maximum absolute atomic E-state index is 16.1. The number of carbonyl (C=O) groups is 1. The molecule has 0 aliphatic rings. The van der Waals surface area contributed by atoms with E-state index in [4.69, 9.17) is 9.78 Å². The Labute approximate surface area is 251 Å². The van der Waals surface area contributed by atoms with Gasteiger partial charge in [0, 0.05) is 5.56 Å². The van der Waals surface area contributed by atoms with Gasteiger partial charge in [-0.05, 0) is 53.6 Å². The molecule has 0 unspecified atom stereocenters. The topological polar surface area (TPSA) is 35.5 Å². The van der Waals surface area contributed by atoms with Crippen molar-refractivity contribution in [3.05, 3.63) is 83.4 Å². The fourth-order valence-corrected chi connectivity index (χ4v) is 5.31. The van der Waals surface area contributed by atoms with Crippen molar-refractivity contribution in [1.82, 2.24) is 0 Å². The molecule has 0 bridgehead atoms. The first kappa shape index (κ1) is 33.5. The van der Waals surface area contributed by atoms with E-state index in [1.807, 2.05) is 30.3 Å². The summed E-state index contributed by atoms with van der Waals surface area (Å²) in [5, 5.41) is 0. The van der Waals surface area contributed by atoms with Crippen molar-refractivity contribution in [2.75, 3.05) is 6.61 Å². The van der Waals surface area contributed by atoms with Crippen LogP contribution in [0.5, 0.6) is 0 Å². The highest BCUT2D eigenvalue weighted by molar-refractivity contribution is 5.95. The number of halogens is 2. The fourth-order valence-electron chi connectivity index (χ4n) is 5.31. The van der Waals surface area contributed by atoms with E-state index in [1.54, 1.807) is 18.2 Å². The Morgan fingerprint density at radius 2 is 1.29 bits per heavy atom. The molecule has 0 spiro atoms.